The van der Waals surface area contributed by atoms with Crippen molar-refractivity contribution >= 4 is 146 Å². The fourth-order valence-electron chi connectivity index (χ4n) is 17.4. The highest BCUT2D eigenvalue weighted by Gasteiger charge is 2.35. The number of morpholine rings is 1. The smallest absolute Gasteiger partial charge is 0.228 e. The average Bonchev–Trinajstić information content (AvgIpc) is 1.62. The second-order valence-electron chi connectivity index (χ2n) is 38.5. The molecule has 0 spiro atoms. The van der Waals surface area contributed by atoms with Gasteiger partial charge < -0.3 is 89.9 Å². The van der Waals surface area contributed by atoms with Crippen LogP contribution in [-0.4, -0.2) is 202 Å². The van der Waals surface area contributed by atoms with Crippen molar-refractivity contribution in [3.8, 4) is 0 Å². The Balaban J connectivity index is 0.000000102. The third-order valence-electron chi connectivity index (χ3n) is 26.6. The Morgan fingerprint density at radius 2 is 0.640 bits per heavy atom. The lowest BCUT2D eigenvalue weighted by molar-refractivity contribution is -0.119. The number of aromatic nitrogens is 15. The van der Waals surface area contributed by atoms with E-state index in [1.165, 1.54) is 103 Å². The SMILES string of the molecule is C=C1NC(=O)C/C1=C\c1cnn2c(NC3CC3)cc(NC3CCNCC3)nc12.C=C1NC(=O)C/C1=C\c1cnn2c(NC3CC3)cc(NCC3CC3)nc12.C=C1NC(=O)C/C1=C\c1cnn2c(NC3CC3)cc(NN3CCOCC3)nc12.C=C1NC(=O)C/C1=C\c1cnn2c(NC3CC3)cc(N[C@@H](C)C3CC3)nc12.C=C1NC(=O)C/C1=C\c1cnn2c(NC3CC3)cc(N[C@H](C)C3CC3)nc12. The van der Waals surface area contributed by atoms with Gasteiger partial charge in [-0.25, -0.2) is 29.9 Å². The molecule has 0 unspecified atom stereocenters. The van der Waals surface area contributed by atoms with E-state index in [0.717, 1.165) is 205 Å². The summed E-state index contributed by atoms with van der Waals surface area (Å²) in [7, 11) is 0. The fraction of sp³-hybridized carbons (Fsp3) is 0.439. The molecule has 0 bridgehead atoms. The van der Waals surface area contributed by atoms with Gasteiger partial charge >= 0.3 is 0 Å². The molecule has 38 nitrogen and oxygen atoms in total. The van der Waals surface area contributed by atoms with Gasteiger partial charge in [0.15, 0.2) is 28.2 Å². The molecular weight excluding hydrogens is 1720 g/mol. The Kier molecular flexibility index (Phi) is 24.6. The number of rotatable bonds is 28. The molecule has 10 aromatic heterocycles. The minimum atomic E-state index is -0.0357. The Morgan fingerprint density at radius 1 is 0.360 bits per heavy atom. The molecule has 136 heavy (non-hydrogen) atoms. The molecule has 17 heterocycles. The van der Waals surface area contributed by atoms with Crippen LogP contribution < -0.4 is 85.2 Å². The number of hydrogen-bond donors (Lipinski definition) is 16. The maximum Gasteiger partial charge on any atom is 0.228 e. The second-order valence-corrected chi connectivity index (χ2v) is 38.5. The second kappa shape index (κ2) is 37.9. The molecule has 706 valence electrons. The molecule has 8 saturated carbocycles. The first-order valence-corrected chi connectivity index (χ1v) is 48.2. The lowest BCUT2D eigenvalue weighted by Crippen LogP contribution is -2.40. The first-order valence-electron chi connectivity index (χ1n) is 48.2. The molecule has 16 N–H and O–H groups in total. The van der Waals surface area contributed by atoms with Crippen LogP contribution >= 0.6 is 0 Å². The average molecular weight is 1840 g/mol. The quantitative estimate of drug-likeness (QED) is 0.0216. The zero-order chi connectivity index (χ0) is 92.9. The molecule has 10 aromatic rings. The number of carbonyl (C=O) groups is 5. The molecule has 0 aromatic carbocycles. The van der Waals surface area contributed by atoms with Crippen molar-refractivity contribution in [3.63, 3.8) is 0 Å². The topological polar surface area (TPSA) is 441 Å². The molecule has 15 fully saturated rings. The van der Waals surface area contributed by atoms with E-state index in [0.29, 0.717) is 122 Å². The first kappa shape index (κ1) is 88.3. The lowest BCUT2D eigenvalue weighted by atomic mass is 10.1. The van der Waals surface area contributed by atoms with Crippen molar-refractivity contribution in [3.05, 3.63) is 178 Å². The van der Waals surface area contributed by atoms with Gasteiger partial charge in [-0.1, -0.05) is 32.9 Å². The van der Waals surface area contributed by atoms with Gasteiger partial charge in [0.05, 0.1) is 76.3 Å². The number of amides is 5. The summed E-state index contributed by atoms with van der Waals surface area (Å²) in [5, 5.41) is 73.9. The van der Waals surface area contributed by atoms with Crippen molar-refractivity contribution in [2.24, 2.45) is 17.8 Å². The van der Waals surface area contributed by atoms with Crippen LogP contribution in [0, 0.1) is 17.8 Å². The van der Waals surface area contributed by atoms with E-state index >= 15 is 0 Å². The number of nitrogens with zero attached hydrogens (tertiary/aromatic N) is 16. The van der Waals surface area contributed by atoms with Gasteiger partial charge in [-0.15, -0.1) is 0 Å². The predicted octanol–water partition coefficient (Wildman–Crippen LogP) is 11.7. The summed E-state index contributed by atoms with van der Waals surface area (Å²) in [6, 6.07) is 14.0. The van der Waals surface area contributed by atoms with E-state index in [1.54, 1.807) is 31.0 Å². The van der Waals surface area contributed by atoms with Crippen LogP contribution in [0.4, 0.5) is 58.2 Å². The minimum absolute atomic E-state index is 0.0199. The first-order chi connectivity index (χ1) is 66.1. The molecule has 15 aliphatic rings. The zero-order valence-corrected chi connectivity index (χ0v) is 76.9. The van der Waals surface area contributed by atoms with E-state index in [9.17, 15) is 24.0 Å². The third kappa shape index (κ3) is 21.6. The zero-order valence-electron chi connectivity index (χ0n) is 76.9. The van der Waals surface area contributed by atoms with Gasteiger partial charge in [0.1, 0.15) is 58.2 Å². The third-order valence-corrected chi connectivity index (χ3v) is 26.6. The van der Waals surface area contributed by atoms with Gasteiger partial charge in [0.2, 0.25) is 29.5 Å². The van der Waals surface area contributed by atoms with Crippen molar-refractivity contribution < 1.29 is 28.7 Å². The van der Waals surface area contributed by atoms with Crippen molar-refractivity contribution in [1.29, 1.82) is 0 Å². The van der Waals surface area contributed by atoms with Crippen LogP contribution in [-0.2, 0) is 28.7 Å². The maximum absolute atomic E-state index is 11.6. The summed E-state index contributed by atoms with van der Waals surface area (Å²) in [6.07, 6.45) is 42.3. The van der Waals surface area contributed by atoms with E-state index < -0.39 is 0 Å². The Labute approximate surface area is 786 Å². The lowest BCUT2D eigenvalue weighted by Gasteiger charge is -2.27. The van der Waals surface area contributed by atoms with Gasteiger partial charge in [-0.3, -0.25) is 24.0 Å². The summed E-state index contributed by atoms with van der Waals surface area (Å²) in [4.78, 5) is 82.2. The van der Waals surface area contributed by atoms with Gasteiger partial charge in [-0.2, -0.15) is 48.1 Å². The van der Waals surface area contributed by atoms with Crippen LogP contribution in [0.5, 0.6) is 0 Å². The molecule has 38 heteroatoms. The maximum atomic E-state index is 11.6. The standard InChI is InChI=1S/C20H25N7O.2C20H24N6O.C19H23N7O2.C19H22N6O/c1-12-13(9-19(28)23-12)8-14-11-22-27-18(25-15-2-3-15)10-17(26-20(14)27)24-16-4-6-21-7-5-16;2*1-11(13-3-4-13)22-17-9-18(24-16-5-6-16)26-20(25-17)15(10-21-26)7-14-8-19(27)23-12(14)2;1-12-13(9-18(27)21-12)8-14-11-20-26-17(22-15-2-3-15)10-16(23-19(14)26)24-25-4-6-28-7-5-25;1-11-13(7-18(26)22-11)6-14-10-21-25-17(23-15-4-5-15)8-16(24-19(14)25)20-9-12-2-3-12/h8,10-11,15-16,21,25H,1-7,9H2,(H,23,28)(H,24,26);2*7,9-11,13,16,24H,2-6,8H2,1H3,(H,22,25)(H,23,27);8,10-11,15,22H,1-7,9H2,(H,21,27)(H,23,24);6,8,10,12,15,23H,1-5,7,9H2,(H,20,24)(H,22,26)/b13-8+;2*14-7+;13-8+;13-6+/t;2*11-;;/m.10../s1. The number of hydrogen-bond acceptors (Lipinski definition) is 28. The highest BCUT2D eigenvalue weighted by molar-refractivity contribution is 5.94. The Hall–Kier alpha value is -14.3. The number of piperidine rings is 1. The van der Waals surface area contributed by atoms with Crippen LogP contribution in [0.1, 0.15) is 189 Å². The van der Waals surface area contributed by atoms with Crippen molar-refractivity contribution in [1.82, 2.24) is 110 Å². The molecule has 5 amide bonds. The molecule has 25 rings (SSSR count). The number of hydrazine groups is 1. The Morgan fingerprint density at radius 3 is 0.934 bits per heavy atom. The van der Waals surface area contributed by atoms with Crippen LogP contribution in [0.15, 0.2) is 151 Å². The summed E-state index contributed by atoms with van der Waals surface area (Å²) < 4.78 is 14.6. The van der Waals surface area contributed by atoms with E-state index in [4.69, 9.17) is 29.7 Å². The van der Waals surface area contributed by atoms with Crippen LogP contribution in [0.2, 0.25) is 0 Å². The summed E-state index contributed by atoms with van der Waals surface area (Å²) in [6.45, 7) is 30.1. The normalized spacial score (nSPS) is 22.1. The van der Waals surface area contributed by atoms with E-state index in [2.05, 4.69) is 168 Å². The van der Waals surface area contributed by atoms with Gasteiger partial charge in [0, 0.05) is 155 Å². The highest BCUT2D eigenvalue weighted by Crippen LogP contribution is 2.40. The Bertz CT molecular complexity index is 6310. The number of carbonyl (C=O) groups excluding carboxylic acids is 5. The number of nitrogens with one attached hydrogen (secondary N) is 16. The molecular formula is C98H118N32O6. The molecule has 0 radical (unpaired) electrons. The number of ether oxygens (including phenoxy) is 1. The molecule has 7 saturated heterocycles. The number of anilines is 10. The van der Waals surface area contributed by atoms with E-state index in [-0.39, 0.29) is 29.5 Å². The monoisotopic (exact) mass is 1840 g/mol. The summed E-state index contributed by atoms with van der Waals surface area (Å²) in [5.74, 6) is 11.1. The predicted molar refractivity (Wildman–Crippen MR) is 526 cm³/mol. The number of fused-ring (bicyclic) bond motifs is 5. The largest absolute Gasteiger partial charge is 0.379 e. The van der Waals surface area contributed by atoms with Crippen LogP contribution in [0.3, 0.4) is 0 Å². The minimum Gasteiger partial charge on any atom is -0.379 e. The fourth-order valence-corrected chi connectivity index (χ4v) is 17.4. The molecule has 8 aliphatic carbocycles. The van der Waals surface area contributed by atoms with E-state index in [1.807, 2.05) is 77.2 Å². The van der Waals surface area contributed by atoms with Gasteiger partial charge in [0.25, 0.3) is 0 Å². The van der Waals surface area contributed by atoms with Crippen molar-refractivity contribution in [2.45, 2.75) is 210 Å². The summed E-state index contributed by atoms with van der Waals surface area (Å²) in [5.41, 5.74) is 19.4. The summed E-state index contributed by atoms with van der Waals surface area (Å²) >= 11 is 0. The van der Waals surface area contributed by atoms with Gasteiger partial charge in [-0.05, 0) is 219 Å². The van der Waals surface area contributed by atoms with Crippen molar-refractivity contribution in [2.75, 3.05) is 99.2 Å². The van der Waals surface area contributed by atoms with Crippen LogP contribution in [0.25, 0.3) is 58.6 Å². The highest BCUT2D eigenvalue weighted by atomic mass is 16.5. The molecule has 2 atom stereocenters. The molecule has 7 aliphatic heterocycles. The number of allylic oxidation sites excluding steroid dienone is 5.